The first-order valence-corrected chi connectivity index (χ1v) is 4.11. The minimum atomic E-state index is -0.529. The Morgan fingerprint density at radius 1 is 1.57 bits per heavy atom. The number of aliphatic imine (C=N–C) groups is 1. The van der Waals surface area contributed by atoms with Gasteiger partial charge in [-0.05, 0) is 18.2 Å². The maximum atomic E-state index is 10.8. The predicted molar refractivity (Wildman–Crippen MR) is 55.4 cm³/mol. The lowest BCUT2D eigenvalue weighted by atomic mass is 10.2. The molecule has 0 spiro atoms. The third-order valence-electron chi connectivity index (χ3n) is 1.51. The number of nitrogens with two attached hydrogens (primary N) is 2. The fourth-order valence-electron chi connectivity index (χ4n) is 0.872. The Morgan fingerprint density at radius 2 is 2.29 bits per heavy atom. The van der Waals surface area contributed by atoms with Crippen LogP contribution in [0.2, 0.25) is 5.02 Å². The number of hydrazine groups is 1. The number of benzene rings is 1. The molecule has 5 N–H and O–H groups in total. The maximum Gasteiger partial charge on any atom is 0.248 e. The van der Waals surface area contributed by atoms with E-state index in [1.54, 1.807) is 6.07 Å². The molecular weight excluding hydrogens is 204 g/mol. The Hall–Kier alpha value is -1.59. The molecule has 1 amide bonds. The molecule has 0 bridgehead atoms. The molecule has 0 radical (unpaired) electrons. The van der Waals surface area contributed by atoms with E-state index in [1.165, 1.54) is 18.5 Å². The highest BCUT2D eigenvalue weighted by Gasteiger charge is 2.04. The van der Waals surface area contributed by atoms with Gasteiger partial charge in [0.15, 0.2) is 0 Å². The van der Waals surface area contributed by atoms with E-state index >= 15 is 0 Å². The molecular formula is C8H9ClN4O. The minimum absolute atomic E-state index is 0.346. The molecule has 0 unspecified atom stereocenters. The molecule has 1 aromatic carbocycles. The highest BCUT2D eigenvalue weighted by atomic mass is 35.5. The molecule has 0 heterocycles. The standard InChI is InChI=1S/C8H9ClN4O/c9-6-2-1-5(8(10)14)3-7(6)12-4-13-11/h1-4H,11H2,(H2,10,14)(H,12,13). The minimum Gasteiger partial charge on any atom is -0.366 e. The van der Waals surface area contributed by atoms with Crippen LogP contribution in [0.3, 0.4) is 0 Å². The summed E-state index contributed by atoms with van der Waals surface area (Å²) in [7, 11) is 0. The van der Waals surface area contributed by atoms with Crippen LogP contribution < -0.4 is 17.0 Å². The van der Waals surface area contributed by atoms with Gasteiger partial charge in [0, 0.05) is 5.56 Å². The van der Waals surface area contributed by atoms with E-state index in [4.69, 9.17) is 23.2 Å². The molecule has 0 aliphatic carbocycles. The Morgan fingerprint density at radius 3 is 2.86 bits per heavy atom. The average Bonchev–Trinajstić information content (AvgIpc) is 2.16. The van der Waals surface area contributed by atoms with Gasteiger partial charge in [0.1, 0.15) is 6.34 Å². The fraction of sp³-hybridized carbons (Fsp3) is 0. The van der Waals surface area contributed by atoms with Crippen molar-refractivity contribution in [3.8, 4) is 0 Å². The van der Waals surface area contributed by atoms with Gasteiger partial charge in [0.25, 0.3) is 0 Å². The predicted octanol–water partition coefficient (Wildman–Crippen LogP) is 0.562. The number of amides is 1. The SMILES string of the molecule is NNC=Nc1cc(C(N)=O)ccc1Cl. The second-order valence-electron chi connectivity index (χ2n) is 2.46. The number of carbonyl (C=O) groups is 1. The Bertz CT molecular complexity index is 378. The van der Waals surface area contributed by atoms with Crippen molar-refractivity contribution in [1.82, 2.24) is 5.43 Å². The van der Waals surface area contributed by atoms with Gasteiger partial charge >= 0.3 is 0 Å². The third kappa shape index (κ3) is 2.45. The van der Waals surface area contributed by atoms with Crippen LogP contribution in [0, 0.1) is 0 Å². The molecule has 0 fully saturated rings. The zero-order chi connectivity index (χ0) is 10.6. The molecule has 0 aliphatic rings. The largest absolute Gasteiger partial charge is 0.366 e. The van der Waals surface area contributed by atoms with E-state index in [-0.39, 0.29) is 0 Å². The van der Waals surface area contributed by atoms with Crippen LogP contribution in [0.15, 0.2) is 23.2 Å². The van der Waals surface area contributed by atoms with Crippen molar-refractivity contribution in [3.05, 3.63) is 28.8 Å². The summed E-state index contributed by atoms with van der Waals surface area (Å²) in [6.45, 7) is 0. The molecule has 1 aromatic rings. The van der Waals surface area contributed by atoms with Gasteiger partial charge < -0.3 is 11.2 Å². The molecule has 0 atom stereocenters. The maximum absolute atomic E-state index is 10.8. The Kier molecular flexibility index (Phi) is 3.44. The molecule has 74 valence electrons. The zero-order valence-corrected chi connectivity index (χ0v) is 7.95. The van der Waals surface area contributed by atoms with Gasteiger partial charge in [-0.2, -0.15) is 0 Å². The lowest BCUT2D eigenvalue weighted by molar-refractivity contribution is 0.100. The van der Waals surface area contributed by atoms with Crippen LogP contribution >= 0.6 is 11.6 Å². The first kappa shape index (κ1) is 10.5. The van der Waals surface area contributed by atoms with Crippen LogP contribution in [-0.4, -0.2) is 12.2 Å². The molecule has 1 rings (SSSR count). The normalized spacial score (nSPS) is 10.4. The first-order chi connectivity index (χ1) is 6.65. The number of carbonyl (C=O) groups excluding carboxylic acids is 1. The number of hydrogen-bond donors (Lipinski definition) is 3. The smallest absolute Gasteiger partial charge is 0.248 e. The lowest BCUT2D eigenvalue weighted by Gasteiger charge is -2.00. The first-order valence-electron chi connectivity index (χ1n) is 3.73. The van der Waals surface area contributed by atoms with Crippen LogP contribution in [0.1, 0.15) is 10.4 Å². The van der Waals surface area contributed by atoms with Crippen molar-refractivity contribution in [3.63, 3.8) is 0 Å². The summed E-state index contributed by atoms with van der Waals surface area (Å²) in [4.78, 5) is 14.7. The monoisotopic (exact) mass is 212 g/mol. The molecule has 0 aliphatic heterocycles. The van der Waals surface area contributed by atoms with E-state index in [2.05, 4.69) is 10.4 Å². The van der Waals surface area contributed by atoms with E-state index < -0.39 is 5.91 Å². The molecule has 6 heteroatoms. The zero-order valence-electron chi connectivity index (χ0n) is 7.20. The van der Waals surface area contributed by atoms with Crippen molar-refractivity contribution < 1.29 is 4.79 Å². The summed E-state index contributed by atoms with van der Waals surface area (Å²) >= 11 is 5.80. The van der Waals surface area contributed by atoms with Crippen molar-refractivity contribution >= 4 is 29.5 Å². The van der Waals surface area contributed by atoms with Gasteiger partial charge in [-0.1, -0.05) is 11.6 Å². The summed E-state index contributed by atoms with van der Waals surface area (Å²) in [6, 6.07) is 4.56. The van der Waals surface area contributed by atoms with E-state index in [1.807, 2.05) is 0 Å². The van der Waals surface area contributed by atoms with Crippen molar-refractivity contribution in [2.24, 2.45) is 16.6 Å². The van der Waals surface area contributed by atoms with Crippen molar-refractivity contribution in [2.75, 3.05) is 0 Å². The highest BCUT2D eigenvalue weighted by molar-refractivity contribution is 6.33. The second-order valence-corrected chi connectivity index (χ2v) is 2.86. The number of rotatable bonds is 3. The average molecular weight is 213 g/mol. The molecule has 5 nitrogen and oxygen atoms in total. The highest BCUT2D eigenvalue weighted by Crippen LogP contribution is 2.25. The second kappa shape index (κ2) is 4.59. The number of nitrogens with zero attached hydrogens (tertiary/aromatic N) is 1. The third-order valence-corrected chi connectivity index (χ3v) is 1.83. The van der Waals surface area contributed by atoms with Gasteiger partial charge in [0.2, 0.25) is 5.91 Å². The number of nitrogens with one attached hydrogen (secondary N) is 1. The quantitative estimate of drug-likeness (QED) is 0.296. The number of primary amides is 1. The van der Waals surface area contributed by atoms with Crippen LogP contribution in [-0.2, 0) is 0 Å². The summed E-state index contributed by atoms with van der Waals surface area (Å²) in [5.41, 5.74) is 8.09. The van der Waals surface area contributed by atoms with Crippen molar-refractivity contribution in [2.45, 2.75) is 0 Å². The van der Waals surface area contributed by atoms with Crippen molar-refractivity contribution in [1.29, 1.82) is 0 Å². The van der Waals surface area contributed by atoms with Gasteiger partial charge in [-0.3, -0.25) is 4.79 Å². The van der Waals surface area contributed by atoms with E-state index in [9.17, 15) is 4.79 Å². The molecule has 0 saturated carbocycles. The van der Waals surface area contributed by atoms with Crippen LogP contribution in [0.4, 0.5) is 5.69 Å². The number of hydrogen-bond acceptors (Lipinski definition) is 3. The molecule has 0 saturated heterocycles. The number of halogens is 1. The van der Waals surface area contributed by atoms with Gasteiger partial charge in [-0.15, -0.1) is 0 Å². The molecule has 14 heavy (non-hydrogen) atoms. The Labute approximate surface area is 85.7 Å². The fourth-order valence-corrected chi connectivity index (χ4v) is 1.04. The summed E-state index contributed by atoms with van der Waals surface area (Å²) in [5, 5.41) is 0.418. The molecule has 0 aromatic heterocycles. The van der Waals surface area contributed by atoms with Crippen LogP contribution in [0.25, 0.3) is 0 Å². The topological polar surface area (TPSA) is 93.5 Å². The van der Waals surface area contributed by atoms with E-state index in [0.717, 1.165) is 0 Å². The van der Waals surface area contributed by atoms with Gasteiger partial charge in [0.05, 0.1) is 10.7 Å². The summed E-state index contributed by atoms with van der Waals surface area (Å²) < 4.78 is 0. The Balaban J connectivity index is 3.08. The summed E-state index contributed by atoms with van der Waals surface area (Å²) in [5.74, 6) is 4.46. The van der Waals surface area contributed by atoms with Crippen LogP contribution in [0.5, 0.6) is 0 Å². The summed E-state index contributed by atoms with van der Waals surface area (Å²) in [6.07, 6.45) is 1.26. The lowest BCUT2D eigenvalue weighted by Crippen LogP contribution is -2.18. The van der Waals surface area contributed by atoms with Gasteiger partial charge in [-0.25, -0.2) is 10.8 Å². The van der Waals surface area contributed by atoms with E-state index in [0.29, 0.717) is 16.3 Å².